The molecule has 1 saturated carbocycles. The predicted molar refractivity (Wildman–Crippen MR) is 91.7 cm³/mol. The number of hydrogen-bond donors (Lipinski definition) is 2. The topological polar surface area (TPSA) is 64.3 Å². The molecule has 1 amide bonds. The van der Waals surface area contributed by atoms with Crippen molar-refractivity contribution in [2.75, 3.05) is 13.2 Å². The lowest BCUT2D eigenvalue weighted by molar-refractivity contribution is -0.170. The standard InChI is InChI=1S/C18H36N2O2/c1-6-22-15-13-18(19,17(15,4)5)16(21)20-12-10-8-7-9-11-14(2)3/h14-15H,6-13,19H2,1-5H3,(H,20,21). The van der Waals surface area contributed by atoms with Gasteiger partial charge in [-0.15, -0.1) is 0 Å². The van der Waals surface area contributed by atoms with Gasteiger partial charge in [-0.05, 0) is 19.3 Å². The van der Waals surface area contributed by atoms with E-state index in [1.165, 1.54) is 25.7 Å². The maximum atomic E-state index is 12.4. The van der Waals surface area contributed by atoms with Crippen molar-refractivity contribution in [1.82, 2.24) is 5.32 Å². The smallest absolute Gasteiger partial charge is 0.240 e. The molecule has 0 aliphatic heterocycles. The SMILES string of the molecule is CCOC1CC(N)(C(=O)NCCCCCCC(C)C)C1(C)C. The summed E-state index contributed by atoms with van der Waals surface area (Å²) in [6.07, 6.45) is 6.75. The van der Waals surface area contributed by atoms with E-state index in [1.807, 2.05) is 20.8 Å². The first-order chi connectivity index (χ1) is 10.3. The lowest BCUT2D eigenvalue weighted by Gasteiger charge is -2.57. The Morgan fingerprint density at radius 3 is 2.45 bits per heavy atom. The third-order valence-corrected chi connectivity index (χ3v) is 5.23. The quantitative estimate of drug-likeness (QED) is 0.609. The minimum absolute atomic E-state index is 0.0179. The Morgan fingerprint density at radius 2 is 1.91 bits per heavy atom. The summed E-state index contributed by atoms with van der Waals surface area (Å²) in [6.45, 7) is 12.0. The Labute approximate surface area is 136 Å². The molecule has 1 aliphatic carbocycles. The van der Waals surface area contributed by atoms with Crippen molar-refractivity contribution in [2.24, 2.45) is 17.1 Å². The van der Waals surface area contributed by atoms with E-state index in [2.05, 4.69) is 19.2 Å². The van der Waals surface area contributed by atoms with Crippen LogP contribution in [-0.4, -0.2) is 30.7 Å². The highest BCUT2D eigenvalue weighted by molar-refractivity contribution is 5.88. The van der Waals surface area contributed by atoms with Gasteiger partial charge >= 0.3 is 0 Å². The molecule has 0 heterocycles. The van der Waals surface area contributed by atoms with E-state index in [-0.39, 0.29) is 17.4 Å². The van der Waals surface area contributed by atoms with Crippen LogP contribution < -0.4 is 11.1 Å². The third kappa shape index (κ3) is 4.45. The molecule has 4 heteroatoms. The van der Waals surface area contributed by atoms with Gasteiger partial charge in [0.05, 0.1) is 6.10 Å². The molecule has 0 saturated heterocycles. The number of carbonyl (C=O) groups is 1. The first-order valence-corrected chi connectivity index (χ1v) is 8.94. The number of nitrogens with one attached hydrogen (secondary N) is 1. The number of nitrogens with two attached hydrogens (primary N) is 1. The lowest BCUT2D eigenvalue weighted by Crippen LogP contribution is -2.75. The van der Waals surface area contributed by atoms with E-state index in [0.29, 0.717) is 13.0 Å². The average molecular weight is 312 g/mol. The van der Waals surface area contributed by atoms with E-state index >= 15 is 0 Å². The molecule has 0 aromatic carbocycles. The summed E-state index contributed by atoms with van der Waals surface area (Å²) in [5, 5.41) is 3.02. The zero-order valence-electron chi connectivity index (χ0n) is 15.2. The summed E-state index contributed by atoms with van der Waals surface area (Å²) in [6, 6.07) is 0. The highest BCUT2D eigenvalue weighted by Crippen LogP contribution is 2.49. The van der Waals surface area contributed by atoms with Crippen molar-refractivity contribution in [1.29, 1.82) is 0 Å². The van der Waals surface area contributed by atoms with E-state index in [9.17, 15) is 4.79 Å². The molecule has 1 aliphatic rings. The van der Waals surface area contributed by atoms with Crippen LogP contribution in [0.15, 0.2) is 0 Å². The summed E-state index contributed by atoms with van der Waals surface area (Å²) in [5.74, 6) is 0.770. The van der Waals surface area contributed by atoms with Crippen LogP contribution in [-0.2, 0) is 9.53 Å². The number of rotatable bonds is 10. The molecule has 3 N–H and O–H groups in total. The van der Waals surface area contributed by atoms with Gasteiger partial charge in [-0.1, -0.05) is 53.4 Å². The van der Waals surface area contributed by atoms with Crippen LogP contribution >= 0.6 is 0 Å². The molecule has 2 unspecified atom stereocenters. The molecule has 4 nitrogen and oxygen atoms in total. The van der Waals surface area contributed by atoms with Gasteiger partial charge in [0.1, 0.15) is 5.54 Å². The highest BCUT2D eigenvalue weighted by atomic mass is 16.5. The van der Waals surface area contributed by atoms with Crippen LogP contribution in [0, 0.1) is 11.3 Å². The molecule has 0 aromatic heterocycles. The molecule has 0 aromatic rings. The van der Waals surface area contributed by atoms with Crippen LogP contribution in [0.4, 0.5) is 0 Å². The molecule has 0 spiro atoms. The van der Waals surface area contributed by atoms with Gasteiger partial charge in [0.15, 0.2) is 0 Å². The Bertz CT molecular complexity index is 355. The van der Waals surface area contributed by atoms with Gasteiger partial charge < -0.3 is 15.8 Å². The molecule has 1 rings (SSSR count). The molecule has 2 atom stereocenters. The van der Waals surface area contributed by atoms with Gasteiger partial charge in [-0.2, -0.15) is 0 Å². The van der Waals surface area contributed by atoms with Gasteiger partial charge in [-0.3, -0.25) is 4.79 Å². The number of hydrogen-bond acceptors (Lipinski definition) is 3. The number of ether oxygens (including phenoxy) is 1. The maximum Gasteiger partial charge on any atom is 0.240 e. The fourth-order valence-corrected chi connectivity index (χ4v) is 3.21. The molecular weight excluding hydrogens is 276 g/mol. The number of carbonyl (C=O) groups excluding carboxylic acids is 1. The maximum absolute atomic E-state index is 12.4. The minimum atomic E-state index is -0.787. The van der Waals surface area contributed by atoms with Crippen molar-refractivity contribution in [3.8, 4) is 0 Å². The minimum Gasteiger partial charge on any atom is -0.378 e. The summed E-state index contributed by atoms with van der Waals surface area (Å²) in [7, 11) is 0. The summed E-state index contributed by atoms with van der Waals surface area (Å²) in [5.41, 5.74) is 5.26. The van der Waals surface area contributed by atoms with E-state index < -0.39 is 5.54 Å². The van der Waals surface area contributed by atoms with E-state index in [1.54, 1.807) is 0 Å². The average Bonchev–Trinajstić information content (AvgIpc) is 2.45. The normalized spacial score (nSPS) is 26.8. The van der Waals surface area contributed by atoms with Gasteiger partial charge in [0.2, 0.25) is 5.91 Å². The second-order valence-electron chi connectivity index (χ2n) is 7.69. The number of amides is 1. The molecule has 130 valence electrons. The van der Waals surface area contributed by atoms with Gasteiger partial charge in [0, 0.05) is 25.0 Å². The second-order valence-corrected chi connectivity index (χ2v) is 7.69. The van der Waals surface area contributed by atoms with Crippen LogP contribution in [0.2, 0.25) is 0 Å². The number of unbranched alkanes of at least 4 members (excludes halogenated alkanes) is 3. The lowest BCUT2D eigenvalue weighted by atomic mass is 9.54. The Morgan fingerprint density at radius 1 is 1.27 bits per heavy atom. The van der Waals surface area contributed by atoms with E-state index in [0.717, 1.165) is 18.9 Å². The first kappa shape index (κ1) is 19.4. The first-order valence-electron chi connectivity index (χ1n) is 8.94. The van der Waals surface area contributed by atoms with Crippen LogP contribution in [0.25, 0.3) is 0 Å². The fourth-order valence-electron chi connectivity index (χ4n) is 3.21. The van der Waals surface area contributed by atoms with Crippen LogP contribution in [0.1, 0.15) is 73.1 Å². The molecule has 1 fully saturated rings. The van der Waals surface area contributed by atoms with E-state index in [4.69, 9.17) is 10.5 Å². The Balaban J connectivity index is 2.23. The van der Waals surface area contributed by atoms with Crippen LogP contribution in [0.3, 0.4) is 0 Å². The van der Waals surface area contributed by atoms with Crippen molar-refractivity contribution in [3.63, 3.8) is 0 Å². The zero-order valence-corrected chi connectivity index (χ0v) is 15.2. The fraction of sp³-hybridized carbons (Fsp3) is 0.944. The van der Waals surface area contributed by atoms with Gasteiger partial charge in [-0.25, -0.2) is 0 Å². The van der Waals surface area contributed by atoms with Crippen molar-refractivity contribution >= 4 is 5.91 Å². The van der Waals surface area contributed by atoms with Crippen molar-refractivity contribution < 1.29 is 9.53 Å². The largest absolute Gasteiger partial charge is 0.378 e. The molecule has 22 heavy (non-hydrogen) atoms. The summed E-state index contributed by atoms with van der Waals surface area (Å²) in [4.78, 5) is 12.4. The Kier molecular flexibility index (Phi) is 7.33. The molecule has 0 bridgehead atoms. The summed E-state index contributed by atoms with van der Waals surface area (Å²) >= 11 is 0. The van der Waals surface area contributed by atoms with Crippen molar-refractivity contribution in [3.05, 3.63) is 0 Å². The highest BCUT2D eigenvalue weighted by Gasteiger charge is 2.62. The third-order valence-electron chi connectivity index (χ3n) is 5.23. The van der Waals surface area contributed by atoms with Crippen molar-refractivity contribution in [2.45, 2.75) is 84.8 Å². The monoisotopic (exact) mass is 312 g/mol. The second kappa shape index (κ2) is 8.30. The molecular formula is C18H36N2O2. The Hall–Kier alpha value is -0.610. The van der Waals surface area contributed by atoms with Gasteiger partial charge in [0.25, 0.3) is 0 Å². The summed E-state index contributed by atoms with van der Waals surface area (Å²) < 4.78 is 5.67. The predicted octanol–water partition coefficient (Wildman–Crippen LogP) is 3.24. The molecule has 0 radical (unpaired) electrons. The van der Waals surface area contributed by atoms with Crippen LogP contribution in [0.5, 0.6) is 0 Å². The zero-order chi connectivity index (χ0) is 16.8.